The lowest BCUT2D eigenvalue weighted by atomic mass is 9.74. The van der Waals surface area contributed by atoms with E-state index in [4.69, 9.17) is 4.74 Å². The van der Waals surface area contributed by atoms with Crippen molar-refractivity contribution >= 4 is 11.8 Å². The Balaban J connectivity index is 1.58. The van der Waals surface area contributed by atoms with Gasteiger partial charge in [-0.3, -0.25) is 0 Å². The van der Waals surface area contributed by atoms with Gasteiger partial charge in [-0.05, 0) is 79.8 Å². The molecule has 3 rings (SSSR count). The first-order chi connectivity index (χ1) is 11.2. The molecule has 0 atom stereocenters. The predicted octanol–water partition coefficient (Wildman–Crippen LogP) is 3.21. The average Bonchev–Trinajstić information content (AvgIpc) is 2.64. The average molecular weight is 336 g/mol. The zero-order valence-corrected chi connectivity index (χ0v) is 15.0. The van der Waals surface area contributed by atoms with E-state index in [1.54, 1.807) is 7.11 Å². The number of nitrogens with zero attached hydrogens (tertiary/aromatic N) is 1. The van der Waals surface area contributed by atoms with E-state index >= 15 is 0 Å². The highest BCUT2D eigenvalue weighted by atomic mass is 32.2. The molecule has 2 aliphatic rings. The minimum Gasteiger partial charge on any atom is -0.497 e. The molecular formula is C19H29NO2S. The second-order valence-corrected chi connectivity index (χ2v) is 8.29. The molecule has 1 aromatic carbocycles. The van der Waals surface area contributed by atoms with Crippen molar-refractivity contribution in [2.75, 3.05) is 38.3 Å². The summed E-state index contributed by atoms with van der Waals surface area (Å²) in [5.41, 5.74) is 1.37. The minimum atomic E-state index is 0.0640. The summed E-state index contributed by atoms with van der Waals surface area (Å²) in [6.07, 6.45) is 5.88. The van der Waals surface area contributed by atoms with E-state index in [0.29, 0.717) is 6.61 Å². The molecule has 2 heterocycles. The molecule has 1 N–H and O–H groups in total. The summed E-state index contributed by atoms with van der Waals surface area (Å²) in [5.74, 6) is 3.54. The highest BCUT2D eigenvalue weighted by Gasteiger charge is 2.36. The fourth-order valence-corrected chi connectivity index (χ4v) is 5.06. The van der Waals surface area contributed by atoms with Crippen molar-refractivity contribution in [2.24, 2.45) is 5.41 Å². The maximum absolute atomic E-state index is 10.1. The molecule has 128 valence electrons. The molecule has 0 bridgehead atoms. The van der Waals surface area contributed by atoms with Gasteiger partial charge in [0.15, 0.2) is 0 Å². The van der Waals surface area contributed by atoms with Crippen molar-refractivity contribution in [3.8, 4) is 5.75 Å². The highest BCUT2D eigenvalue weighted by molar-refractivity contribution is 7.99. The molecule has 2 fully saturated rings. The Morgan fingerprint density at radius 2 is 1.83 bits per heavy atom. The molecule has 0 unspecified atom stereocenters. The monoisotopic (exact) mass is 335 g/mol. The number of benzene rings is 1. The van der Waals surface area contributed by atoms with Crippen molar-refractivity contribution in [1.82, 2.24) is 4.90 Å². The minimum absolute atomic E-state index is 0.0640. The van der Waals surface area contributed by atoms with E-state index in [1.165, 1.54) is 29.9 Å². The highest BCUT2D eigenvalue weighted by Crippen LogP contribution is 2.37. The van der Waals surface area contributed by atoms with Crippen LogP contribution in [0.25, 0.3) is 0 Å². The lowest BCUT2D eigenvalue weighted by Gasteiger charge is -2.44. The van der Waals surface area contributed by atoms with E-state index in [-0.39, 0.29) is 5.41 Å². The van der Waals surface area contributed by atoms with Crippen molar-refractivity contribution in [1.29, 1.82) is 0 Å². The molecule has 23 heavy (non-hydrogen) atoms. The molecule has 1 aromatic rings. The van der Waals surface area contributed by atoms with Gasteiger partial charge in [0, 0.05) is 12.6 Å². The van der Waals surface area contributed by atoms with Crippen LogP contribution in [0.15, 0.2) is 24.3 Å². The van der Waals surface area contributed by atoms with Gasteiger partial charge in [0.1, 0.15) is 5.75 Å². The smallest absolute Gasteiger partial charge is 0.118 e. The largest absolute Gasteiger partial charge is 0.497 e. The summed E-state index contributed by atoms with van der Waals surface area (Å²) >= 11 is 2.09. The number of piperidine rings is 1. The number of aliphatic hydroxyl groups is 1. The van der Waals surface area contributed by atoms with E-state index < -0.39 is 0 Å². The Kier molecular flexibility index (Phi) is 5.89. The normalized spacial score (nSPS) is 22.9. The van der Waals surface area contributed by atoms with Gasteiger partial charge in [0.05, 0.1) is 7.11 Å². The summed E-state index contributed by atoms with van der Waals surface area (Å²) < 4.78 is 5.23. The second-order valence-electron chi connectivity index (χ2n) is 7.06. The first-order valence-corrected chi connectivity index (χ1v) is 9.96. The molecular weight excluding hydrogens is 306 g/mol. The van der Waals surface area contributed by atoms with Gasteiger partial charge in [-0.15, -0.1) is 0 Å². The van der Waals surface area contributed by atoms with Crippen LogP contribution in [0.1, 0.15) is 31.2 Å². The van der Waals surface area contributed by atoms with Crippen molar-refractivity contribution in [3.63, 3.8) is 0 Å². The Morgan fingerprint density at radius 1 is 1.17 bits per heavy atom. The number of hydrogen-bond acceptors (Lipinski definition) is 4. The van der Waals surface area contributed by atoms with Crippen molar-refractivity contribution in [2.45, 2.75) is 38.1 Å². The van der Waals surface area contributed by atoms with E-state index in [2.05, 4.69) is 28.8 Å². The van der Waals surface area contributed by atoms with Crippen LogP contribution >= 0.6 is 11.8 Å². The number of likely N-dealkylation sites (tertiary alicyclic amines) is 1. The van der Waals surface area contributed by atoms with Crippen LogP contribution in [0.3, 0.4) is 0 Å². The Morgan fingerprint density at radius 3 is 2.39 bits per heavy atom. The van der Waals surface area contributed by atoms with E-state index in [9.17, 15) is 5.11 Å². The van der Waals surface area contributed by atoms with Crippen LogP contribution in [0.4, 0.5) is 0 Å². The van der Waals surface area contributed by atoms with Gasteiger partial charge < -0.3 is 14.7 Å². The Bertz CT molecular complexity index is 477. The van der Waals surface area contributed by atoms with Gasteiger partial charge in [0.2, 0.25) is 0 Å². The number of aliphatic hydroxyl groups excluding tert-OH is 1. The number of ether oxygens (including phenoxy) is 1. The van der Waals surface area contributed by atoms with Crippen LogP contribution in [0.5, 0.6) is 5.75 Å². The SMILES string of the molecule is COc1ccc(CC2(CO)CCN(C3CCSCC3)CC2)cc1. The molecule has 0 radical (unpaired) electrons. The van der Waals surface area contributed by atoms with Crippen LogP contribution < -0.4 is 4.74 Å². The van der Waals surface area contributed by atoms with Crippen LogP contribution in [-0.4, -0.2) is 54.4 Å². The van der Waals surface area contributed by atoms with Crippen molar-refractivity contribution < 1.29 is 9.84 Å². The number of hydrogen-bond donors (Lipinski definition) is 1. The molecule has 0 amide bonds. The standard InChI is InChI=1S/C19H29NO2S/c1-22-18-4-2-16(3-5-18)14-19(15-21)8-10-20(11-9-19)17-6-12-23-13-7-17/h2-5,17,21H,6-15H2,1H3. The summed E-state index contributed by atoms with van der Waals surface area (Å²) in [5, 5.41) is 10.1. The van der Waals surface area contributed by atoms with E-state index in [1.807, 2.05) is 12.1 Å². The molecule has 3 nitrogen and oxygen atoms in total. The third kappa shape index (κ3) is 4.23. The Labute approximate surface area is 144 Å². The summed E-state index contributed by atoms with van der Waals surface area (Å²) in [6.45, 7) is 2.59. The topological polar surface area (TPSA) is 32.7 Å². The van der Waals surface area contributed by atoms with Gasteiger partial charge in [-0.2, -0.15) is 11.8 Å². The van der Waals surface area contributed by atoms with Crippen LogP contribution in [0.2, 0.25) is 0 Å². The maximum Gasteiger partial charge on any atom is 0.118 e. The van der Waals surface area contributed by atoms with Gasteiger partial charge >= 0.3 is 0 Å². The van der Waals surface area contributed by atoms with Gasteiger partial charge in [-0.1, -0.05) is 12.1 Å². The molecule has 2 saturated heterocycles. The molecule has 0 aliphatic carbocycles. The number of thioether (sulfide) groups is 1. The van der Waals surface area contributed by atoms with Gasteiger partial charge in [-0.25, -0.2) is 0 Å². The quantitative estimate of drug-likeness (QED) is 0.896. The fourth-order valence-electron chi connectivity index (χ4n) is 3.98. The van der Waals surface area contributed by atoms with E-state index in [0.717, 1.165) is 44.1 Å². The number of methoxy groups -OCH3 is 1. The summed E-state index contributed by atoms with van der Waals surface area (Å²) in [4.78, 5) is 2.68. The molecule has 2 aliphatic heterocycles. The maximum atomic E-state index is 10.1. The zero-order valence-electron chi connectivity index (χ0n) is 14.2. The summed E-state index contributed by atoms with van der Waals surface area (Å²) in [7, 11) is 1.70. The summed E-state index contributed by atoms with van der Waals surface area (Å²) in [6, 6.07) is 9.11. The predicted molar refractivity (Wildman–Crippen MR) is 97.4 cm³/mol. The van der Waals surface area contributed by atoms with Crippen LogP contribution in [-0.2, 0) is 6.42 Å². The molecule has 0 aromatic heterocycles. The zero-order chi connectivity index (χ0) is 16.1. The lowest BCUT2D eigenvalue weighted by molar-refractivity contribution is 0.0256. The van der Waals surface area contributed by atoms with Crippen molar-refractivity contribution in [3.05, 3.63) is 29.8 Å². The fraction of sp³-hybridized carbons (Fsp3) is 0.684. The second kappa shape index (κ2) is 7.91. The molecule has 0 spiro atoms. The third-order valence-corrected chi connectivity index (χ3v) is 6.69. The first-order valence-electron chi connectivity index (χ1n) is 8.80. The lowest BCUT2D eigenvalue weighted by Crippen LogP contribution is -2.48. The number of rotatable bonds is 5. The first kappa shape index (κ1) is 17.1. The molecule has 0 saturated carbocycles. The Hall–Kier alpha value is -0.710. The van der Waals surface area contributed by atoms with Crippen LogP contribution in [0, 0.1) is 5.41 Å². The third-order valence-electron chi connectivity index (χ3n) is 5.64. The van der Waals surface area contributed by atoms with Gasteiger partial charge in [0.25, 0.3) is 0 Å². The molecule has 4 heteroatoms.